The van der Waals surface area contributed by atoms with Crippen LogP contribution >= 0.6 is 0 Å². The monoisotopic (exact) mass is 268 g/mol. The molecule has 0 aromatic rings. The van der Waals surface area contributed by atoms with Gasteiger partial charge in [0.05, 0.1) is 13.2 Å². The van der Waals surface area contributed by atoms with Crippen molar-refractivity contribution in [3.63, 3.8) is 0 Å². The Morgan fingerprint density at radius 2 is 2.05 bits per heavy atom. The standard InChI is InChI=1S/C16H28O3/c1-2-3-4-5-6-7-8-11-16(17)19-14-15-10-9-12-18-13-15/h2,15H,1,3-14H2. The van der Waals surface area contributed by atoms with Crippen LogP contribution in [0.15, 0.2) is 12.7 Å². The minimum Gasteiger partial charge on any atom is -0.465 e. The van der Waals surface area contributed by atoms with Crippen LogP contribution in [0.5, 0.6) is 0 Å². The van der Waals surface area contributed by atoms with E-state index in [-0.39, 0.29) is 5.97 Å². The van der Waals surface area contributed by atoms with E-state index in [0.29, 0.717) is 18.9 Å². The molecular formula is C16H28O3. The first kappa shape index (κ1) is 16.2. The van der Waals surface area contributed by atoms with Crippen LogP contribution in [0.2, 0.25) is 0 Å². The molecule has 1 aliphatic heterocycles. The zero-order valence-electron chi connectivity index (χ0n) is 12.1. The molecule has 19 heavy (non-hydrogen) atoms. The smallest absolute Gasteiger partial charge is 0.305 e. The number of hydrogen-bond donors (Lipinski definition) is 0. The van der Waals surface area contributed by atoms with Crippen molar-refractivity contribution in [1.29, 1.82) is 0 Å². The van der Waals surface area contributed by atoms with Crippen molar-refractivity contribution in [2.75, 3.05) is 19.8 Å². The van der Waals surface area contributed by atoms with E-state index in [1.165, 1.54) is 19.3 Å². The molecule has 0 bridgehead atoms. The van der Waals surface area contributed by atoms with Crippen LogP contribution in [0, 0.1) is 5.92 Å². The van der Waals surface area contributed by atoms with Gasteiger partial charge in [-0.15, -0.1) is 6.58 Å². The Hall–Kier alpha value is -0.830. The SMILES string of the molecule is C=CCCCCCCCC(=O)OCC1CCCOC1. The van der Waals surface area contributed by atoms with Crippen LogP contribution in [0.3, 0.4) is 0 Å². The van der Waals surface area contributed by atoms with Crippen molar-refractivity contribution in [2.45, 2.75) is 57.8 Å². The third-order valence-corrected chi connectivity index (χ3v) is 3.52. The highest BCUT2D eigenvalue weighted by Crippen LogP contribution is 2.14. The summed E-state index contributed by atoms with van der Waals surface area (Å²) in [6.45, 7) is 5.85. The van der Waals surface area contributed by atoms with Crippen molar-refractivity contribution in [3.05, 3.63) is 12.7 Å². The highest BCUT2D eigenvalue weighted by atomic mass is 16.5. The van der Waals surface area contributed by atoms with Gasteiger partial charge in [0.15, 0.2) is 0 Å². The number of carbonyl (C=O) groups excluding carboxylic acids is 1. The van der Waals surface area contributed by atoms with Gasteiger partial charge in [-0.1, -0.05) is 25.3 Å². The summed E-state index contributed by atoms with van der Waals surface area (Å²) in [5.74, 6) is 0.369. The molecule has 1 saturated heterocycles. The Bertz CT molecular complexity index is 244. The minimum absolute atomic E-state index is 0.0448. The number of unbranched alkanes of at least 4 members (excludes halogenated alkanes) is 5. The molecule has 3 nitrogen and oxygen atoms in total. The molecule has 1 unspecified atom stereocenters. The van der Waals surface area contributed by atoms with E-state index >= 15 is 0 Å². The molecule has 0 aromatic heterocycles. The zero-order chi connectivity index (χ0) is 13.8. The fourth-order valence-electron chi connectivity index (χ4n) is 2.31. The van der Waals surface area contributed by atoms with E-state index in [1.807, 2.05) is 6.08 Å². The molecule has 1 aliphatic rings. The second-order valence-electron chi connectivity index (χ2n) is 5.36. The molecule has 0 aromatic carbocycles. The largest absolute Gasteiger partial charge is 0.465 e. The van der Waals surface area contributed by atoms with Crippen LogP contribution in [-0.2, 0) is 14.3 Å². The van der Waals surface area contributed by atoms with Crippen LogP contribution in [0.4, 0.5) is 0 Å². The average molecular weight is 268 g/mol. The highest BCUT2D eigenvalue weighted by molar-refractivity contribution is 5.69. The number of rotatable bonds is 10. The van der Waals surface area contributed by atoms with Crippen molar-refractivity contribution in [1.82, 2.24) is 0 Å². The van der Waals surface area contributed by atoms with E-state index in [2.05, 4.69) is 6.58 Å². The van der Waals surface area contributed by atoms with Gasteiger partial charge < -0.3 is 9.47 Å². The second kappa shape index (κ2) is 11.0. The van der Waals surface area contributed by atoms with Crippen LogP contribution in [0.25, 0.3) is 0 Å². The van der Waals surface area contributed by atoms with Crippen molar-refractivity contribution in [2.24, 2.45) is 5.92 Å². The number of ether oxygens (including phenoxy) is 2. The van der Waals surface area contributed by atoms with Crippen molar-refractivity contribution >= 4 is 5.97 Å². The van der Waals surface area contributed by atoms with Gasteiger partial charge in [0.1, 0.15) is 0 Å². The summed E-state index contributed by atoms with van der Waals surface area (Å²) in [7, 11) is 0. The topological polar surface area (TPSA) is 35.5 Å². The normalized spacial score (nSPS) is 19.1. The summed E-state index contributed by atoms with van der Waals surface area (Å²) in [5.41, 5.74) is 0. The zero-order valence-corrected chi connectivity index (χ0v) is 12.1. The summed E-state index contributed by atoms with van der Waals surface area (Å²) in [5, 5.41) is 0. The van der Waals surface area contributed by atoms with Crippen LogP contribution in [-0.4, -0.2) is 25.8 Å². The third kappa shape index (κ3) is 8.82. The molecule has 0 aliphatic carbocycles. The molecule has 1 fully saturated rings. The summed E-state index contributed by atoms with van der Waals surface area (Å²) >= 11 is 0. The molecule has 0 amide bonds. The highest BCUT2D eigenvalue weighted by Gasteiger charge is 2.15. The van der Waals surface area contributed by atoms with Gasteiger partial charge in [0, 0.05) is 18.9 Å². The molecule has 0 saturated carbocycles. The molecular weight excluding hydrogens is 240 g/mol. The van der Waals surface area contributed by atoms with Gasteiger partial charge >= 0.3 is 5.97 Å². The summed E-state index contributed by atoms with van der Waals surface area (Å²) in [6.07, 6.45) is 11.6. The molecule has 1 atom stereocenters. The summed E-state index contributed by atoms with van der Waals surface area (Å²) in [4.78, 5) is 11.5. The Balaban J connectivity index is 1.88. The molecule has 1 rings (SSSR count). The van der Waals surface area contributed by atoms with Gasteiger partial charge in [0.2, 0.25) is 0 Å². The lowest BCUT2D eigenvalue weighted by molar-refractivity contribution is -0.146. The molecule has 0 N–H and O–H groups in total. The van der Waals surface area contributed by atoms with E-state index in [9.17, 15) is 4.79 Å². The van der Waals surface area contributed by atoms with E-state index in [0.717, 1.165) is 45.3 Å². The van der Waals surface area contributed by atoms with Gasteiger partial charge in [-0.05, 0) is 32.1 Å². The maximum absolute atomic E-state index is 11.5. The Morgan fingerprint density at radius 1 is 1.26 bits per heavy atom. The first-order valence-electron chi connectivity index (χ1n) is 7.67. The van der Waals surface area contributed by atoms with E-state index < -0.39 is 0 Å². The molecule has 1 heterocycles. The van der Waals surface area contributed by atoms with E-state index in [4.69, 9.17) is 9.47 Å². The lowest BCUT2D eigenvalue weighted by Gasteiger charge is -2.21. The number of allylic oxidation sites excluding steroid dienone is 1. The van der Waals surface area contributed by atoms with Crippen LogP contribution < -0.4 is 0 Å². The molecule has 110 valence electrons. The Labute approximate surface area is 117 Å². The fraction of sp³-hybridized carbons (Fsp3) is 0.812. The van der Waals surface area contributed by atoms with Crippen LogP contribution in [0.1, 0.15) is 57.8 Å². The van der Waals surface area contributed by atoms with Crippen molar-refractivity contribution < 1.29 is 14.3 Å². The maximum atomic E-state index is 11.5. The number of hydrogen-bond acceptors (Lipinski definition) is 3. The fourth-order valence-corrected chi connectivity index (χ4v) is 2.31. The second-order valence-corrected chi connectivity index (χ2v) is 5.36. The van der Waals surface area contributed by atoms with Gasteiger partial charge in [-0.2, -0.15) is 0 Å². The Morgan fingerprint density at radius 3 is 2.79 bits per heavy atom. The number of esters is 1. The molecule has 0 radical (unpaired) electrons. The molecule has 3 heteroatoms. The third-order valence-electron chi connectivity index (χ3n) is 3.52. The van der Waals surface area contributed by atoms with Crippen molar-refractivity contribution in [3.8, 4) is 0 Å². The first-order valence-corrected chi connectivity index (χ1v) is 7.67. The van der Waals surface area contributed by atoms with Gasteiger partial charge in [-0.25, -0.2) is 0 Å². The minimum atomic E-state index is -0.0448. The Kier molecular flexibility index (Phi) is 9.42. The number of carbonyl (C=O) groups is 1. The predicted molar refractivity (Wildman–Crippen MR) is 77.0 cm³/mol. The average Bonchev–Trinajstić information content (AvgIpc) is 2.45. The van der Waals surface area contributed by atoms with Gasteiger partial charge in [-0.3, -0.25) is 4.79 Å². The van der Waals surface area contributed by atoms with Gasteiger partial charge in [0.25, 0.3) is 0 Å². The summed E-state index contributed by atoms with van der Waals surface area (Å²) < 4.78 is 10.7. The maximum Gasteiger partial charge on any atom is 0.305 e. The predicted octanol–water partition coefficient (Wildman–Crippen LogP) is 3.87. The van der Waals surface area contributed by atoms with E-state index in [1.54, 1.807) is 0 Å². The summed E-state index contributed by atoms with van der Waals surface area (Å²) in [6, 6.07) is 0. The lowest BCUT2D eigenvalue weighted by Crippen LogP contribution is -2.23. The first-order chi connectivity index (χ1) is 9.33. The lowest BCUT2D eigenvalue weighted by atomic mass is 10.0. The quantitative estimate of drug-likeness (QED) is 0.343. The molecule has 0 spiro atoms.